The van der Waals surface area contributed by atoms with Crippen LogP contribution in [0.5, 0.6) is 0 Å². The van der Waals surface area contributed by atoms with Crippen LogP contribution in [0.4, 0.5) is 16.2 Å². The Morgan fingerprint density at radius 2 is 1.89 bits per heavy atom. The van der Waals surface area contributed by atoms with Crippen LogP contribution in [0.3, 0.4) is 0 Å². The fourth-order valence-electron chi connectivity index (χ4n) is 3.50. The lowest BCUT2D eigenvalue weighted by Crippen LogP contribution is -2.36. The molecule has 1 amide bonds. The van der Waals surface area contributed by atoms with Gasteiger partial charge in [0.05, 0.1) is 0 Å². The third-order valence-corrected chi connectivity index (χ3v) is 5.14. The maximum Gasteiger partial charge on any atom is 0.225 e. The molecule has 1 heterocycles. The molecule has 0 saturated heterocycles. The first kappa shape index (κ1) is 20.0. The van der Waals surface area contributed by atoms with Crippen molar-refractivity contribution in [2.24, 2.45) is 5.92 Å². The molecule has 0 bridgehead atoms. The van der Waals surface area contributed by atoms with E-state index in [2.05, 4.69) is 20.6 Å². The molecule has 0 aliphatic heterocycles. The Labute approximate surface area is 165 Å². The van der Waals surface area contributed by atoms with Crippen LogP contribution < -0.4 is 15.5 Å². The number of nitrogens with zero attached hydrogens (tertiary/aromatic N) is 3. The normalized spacial score (nSPS) is 19.1. The quantitative estimate of drug-likeness (QED) is 0.799. The smallest absolute Gasteiger partial charge is 0.225 e. The minimum atomic E-state index is -0.286. The average Bonchev–Trinajstić information content (AvgIpc) is 2.67. The van der Waals surface area contributed by atoms with Crippen LogP contribution in [0.15, 0.2) is 30.3 Å². The number of hydrogen-bond acceptors (Lipinski definition) is 5. The predicted molar refractivity (Wildman–Crippen MR) is 109 cm³/mol. The summed E-state index contributed by atoms with van der Waals surface area (Å²) in [6, 6.07) is 8.73. The van der Waals surface area contributed by atoms with Crippen LogP contribution in [0.1, 0.15) is 36.9 Å². The molecule has 0 spiro atoms. The number of aromatic nitrogens is 2. The number of aryl methyl sites for hydroxylation is 1. The van der Waals surface area contributed by atoms with Gasteiger partial charge in [-0.25, -0.2) is 9.37 Å². The van der Waals surface area contributed by atoms with Crippen molar-refractivity contribution >= 4 is 17.7 Å². The van der Waals surface area contributed by atoms with E-state index in [9.17, 15) is 9.18 Å². The molecule has 2 N–H and O–H groups in total. The Kier molecular flexibility index (Phi) is 6.44. The van der Waals surface area contributed by atoms with Gasteiger partial charge in [0.25, 0.3) is 0 Å². The summed E-state index contributed by atoms with van der Waals surface area (Å²) in [6.45, 7) is 2.19. The van der Waals surface area contributed by atoms with Gasteiger partial charge in [0.1, 0.15) is 11.6 Å². The van der Waals surface area contributed by atoms with E-state index >= 15 is 0 Å². The third-order valence-electron chi connectivity index (χ3n) is 5.14. The molecule has 1 saturated carbocycles. The van der Waals surface area contributed by atoms with Crippen LogP contribution >= 0.6 is 0 Å². The molecule has 150 valence electrons. The second kappa shape index (κ2) is 8.99. The van der Waals surface area contributed by atoms with Gasteiger partial charge in [0.15, 0.2) is 0 Å². The fourth-order valence-corrected chi connectivity index (χ4v) is 3.50. The topological polar surface area (TPSA) is 70.2 Å². The molecular weight excluding hydrogens is 357 g/mol. The summed E-state index contributed by atoms with van der Waals surface area (Å²) < 4.78 is 13.7. The number of amides is 1. The molecule has 0 atom stereocenters. The number of hydrogen-bond donors (Lipinski definition) is 2. The highest BCUT2D eigenvalue weighted by Crippen LogP contribution is 2.26. The lowest BCUT2D eigenvalue weighted by Gasteiger charge is -2.28. The number of rotatable bonds is 6. The molecule has 7 heteroatoms. The van der Waals surface area contributed by atoms with E-state index in [0.29, 0.717) is 11.5 Å². The largest absolute Gasteiger partial charge is 0.363 e. The third kappa shape index (κ3) is 5.18. The lowest BCUT2D eigenvalue weighted by atomic mass is 9.85. The summed E-state index contributed by atoms with van der Waals surface area (Å²) in [4.78, 5) is 23.4. The molecule has 1 aromatic heterocycles. The van der Waals surface area contributed by atoms with Gasteiger partial charge in [0, 0.05) is 49.9 Å². The standard InChI is InChI=1S/C21H28FN5O/c1-14-12-19(27(2)3)26-21(24-14)25-17-10-8-15(9-11-17)20(28)23-13-16-6-4-5-7-18(16)22/h4-7,12,15,17H,8-11,13H2,1-3H3,(H,23,28)(H,24,25,26). The summed E-state index contributed by atoms with van der Waals surface area (Å²) in [5.41, 5.74) is 1.43. The molecule has 3 rings (SSSR count). The molecule has 1 fully saturated rings. The molecule has 2 aromatic rings. The minimum absolute atomic E-state index is 0.00315. The van der Waals surface area contributed by atoms with Gasteiger partial charge in [0.2, 0.25) is 11.9 Å². The highest BCUT2D eigenvalue weighted by molar-refractivity contribution is 5.78. The van der Waals surface area contributed by atoms with E-state index < -0.39 is 0 Å². The van der Waals surface area contributed by atoms with Crippen LogP contribution in [0.2, 0.25) is 0 Å². The monoisotopic (exact) mass is 385 g/mol. The summed E-state index contributed by atoms with van der Waals surface area (Å²) in [5, 5.41) is 6.28. The van der Waals surface area contributed by atoms with E-state index in [4.69, 9.17) is 0 Å². The number of carbonyl (C=O) groups is 1. The van der Waals surface area contributed by atoms with E-state index in [-0.39, 0.29) is 30.2 Å². The lowest BCUT2D eigenvalue weighted by molar-refractivity contribution is -0.126. The van der Waals surface area contributed by atoms with Crippen molar-refractivity contribution in [1.29, 1.82) is 0 Å². The van der Waals surface area contributed by atoms with Crippen LogP contribution in [0, 0.1) is 18.7 Å². The molecule has 1 aliphatic rings. The Morgan fingerprint density at radius 3 is 2.57 bits per heavy atom. The van der Waals surface area contributed by atoms with Gasteiger partial charge < -0.3 is 15.5 Å². The van der Waals surface area contributed by atoms with E-state index in [1.165, 1.54) is 6.07 Å². The Balaban J connectivity index is 1.49. The van der Waals surface area contributed by atoms with E-state index in [0.717, 1.165) is 37.2 Å². The molecule has 0 radical (unpaired) electrons. The number of benzene rings is 1. The summed E-state index contributed by atoms with van der Waals surface area (Å²) in [7, 11) is 3.91. The zero-order chi connectivity index (χ0) is 20.1. The number of carbonyl (C=O) groups excluding carboxylic acids is 1. The van der Waals surface area contributed by atoms with Crippen molar-refractivity contribution < 1.29 is 9.18 Å². The van der Waals surface area contributed by atoms with E-state index in [1.54, 1.807) is 18.2 Å². The first-order valence-corrected chi connectivity index (χ1v) is 9.73. The average molecular weight is 385 g/mol. The zero-order valence-corrected chi connectivity index (χ0v) is 16.7. The van der Waals surface area contributed by atoms with Crippen LogP contribution in [0.25, 0.3) is 0 Å². The molecule has 6 nitrogen and oxygen atoms in total. The van der Waals surface area contributed by atoms with Crippen molar-refractivity contribution in [1.82, 2.24) is 15.3 Å². The zero-order valence-electron chi connectivity index (χ0n) is 16.7. The first-order chi connectivity index (χ1) is 13.4. The minimum Gasteiger partial charge on any atom is -0.363 e. The fraction of sp³-hybridized carbons (Fsp3) is 0.476. The Morgan fingerprint density at radius 1 is 1.18 bits per heavy atom. The van der Waals surface area contributed by atoms with Crippen LogP contribution in [-0.4, -0.2) is 36.0 Å². The predicted octanol–water partition coefficient (Wildman–Crippen LogP) is 3.28. The van der Waals surface area contributed by atoms with Crippen molar-refractivity contribution in [2.45, 2.75) is 45.2 Å². The van der Waals surface area contributed by atoms with Crippen LogP contribution in [-0.2, 0) is 11.3 Å². The number of nitrogens with one attached hydrogen (secondary N) is 2. The molecule has 1 aliphatic carbocycles. The van der Waals surface area contributed by atoms with Crippen molar-refractivity contribution in [3.63, 3.8) is 0 Å². The van der Waals surface area contributed by atoms with E-state index in [1.807, 2.05) is 32.0 Å². The van der Waals surface area contributed by atoms with Gasteiger partial charge in [-0.05, 0) is 38.7 Å². The SMILES string of the molecule is Cc1cc(N(C)C)nc(NC2CCC(C(=O)NCc3ccccc3F)CC2)n1. The summed E-state index contributed by atoms with van der Waals surface area (Å²) in [5.74, 6) is 1.20. The number of halogens is 1. The maximum atomic E-state index is 13.7. The van der Waals surface area contributed by atoms with Crippen molar-refractivity contribution in [3.8, 4) is 0 Å². The Bertz CT molecular complexity index is 818. The van der Waals surface area contributed by atoms with Crippen molar-refractivity contribution in [3.05, 3.63) is 47.4 Å². The Hall–Kier alpha value is -2.70. The molecule has 1 aromatic carbocycles. The van der Waals surface area contributed by atoms with Crippen molar-refractivity contribution in [2.75, 3.05) is 24.3 Å². The highest BCUT2D eigenvalue weighted by Gasteiger charge is 2.26. The first-order valence-electron chi connectivity index (χ1n) is 9.73. The van der Waals surface area contributed by atoms with Gasteiger partial charge in [-0.1, -0.05) is 18.2 Å². The number of anilines is 2. The molecular formula is C21H28FN5O. The second-order valence-corrected chi connectivity index (χ2v) is 7.59. The second-order valence-electron chi connectivity index (χ2n) is 7.59. The highest BCUT2D eigenvalue weighted by atomic mass is 19.1. The van der Waals surface area contributed by atoms with Gasteiger partial charge in [-0.3, -0.25) is 4.79 Å². The van der Waals surface area contributed by atoms with Gasteiger partial charge >= 0.3 is 0 Å². The summed E-state index contributed by atoms with van der Waals surface area (Å²) in [6.07, 6.45) is 3.36. The van der Waals surface area contributed by atoms with Gasteiger partial charge in [-0.15, -0.1) is 0 Å². The molecule has 28 heavy (non-hydrogen) atoms. The molecule has 0 unspecified atom stereocenters. The maximum absolute atomic E-state index is 13.7. The van der Waals surface area contributed by atoms with Gasteiger partial charge in [-0.2, -0.15) is 4.98 Å². The summed E-state index contributed by atoms with van der Waals surface area (Å²) >= 11 is 0.